The molecule has 154 valence electrons. The van der Waals surface area contributed by atoms with E-state index in [2.05, 4.69) is 0 Å². The normalized spacial score (nSPS) is 40.1. The van der Waals surface area contributed by atoms with Gasteiger partial charge in [0.2, 0.25) is 0 Å². The summed E-state index contributed by atoms with van der Waals surface area (Å²) in [6.45, 7) is 7.54. The van der Waals surface area contributed by atoms with E-state index < -0.39 is 28.2 Å². The van der Waals surface area contributed by atoms with E-state index in [0.29, 0.717) is 44.9 Å². The Kier molecular flexibility index (Phi) is 5.13. The molecule has 4 fully saturated rings. The van der Waals surface area contributed by atoms with Crippen molar-refractivity contribution in [3.63, 3.8) is 0 Å². The average molecular weight is 382 g/mol. The topological polar surface area (TPSA) is 93.1 Å². The van der Waals surface area contributed by atoms with Gasteiger partial charge in [0, 0.05) is 18.8 Å². The van der Waals surface area contributed by atoms with E-state index in [1.54, 1.807) is 0 Å². The number of aliphatic hydroxyl groups is 2. The second-order valence-corrected chi connectivity index (χ2v) is 9.78. The summed E-state index contributed by atoms with van der Waals surface area (Å²) in [7, 11) is 0. The van der Waals surface area contributed by atoms with Crippen LogP contribution in [-0.2, 0) is 19.1 Å². The summed E-state index contributed by atoms with van der Waals surface area (Å²) < 4.78 is 11.2. The molecule has 0 aromatic carbocycles. The van der Waals surface area contributed by atoms with Crippen LogP contribution in [0.15, 0.2) is 0 Å². The first-order valence-electron chi connectivity index (χ1n) is 10.3. The number of carbonyl (C=O) groups is 2. The molecule has 6 nitrogen and oxygen atoms in total. The summed E-state index contributed by atoms with van der Waals surface area (Å²) >= 11 is 0. The van der Waals surface area contributed by atoms with E-state index >= 15 is 0 Å². The predicted molar refractivity (Wildman–Crippen MR) is 98.7 cm³/mol. The summed E-state index contributed by atoms with van der Waals surface area (Å²) in [6, 6.07) is 0. The summed E-state index contributed by atoms with van der Waals surface area (Å²) in [5, 5.41) is 22.1. The molecule has 5 unspecified atom stereocenters. The van der Waals surface area contributed by atoms with Crippen LogP contribution in [0.1, 0.15) is 79.1 Å². The molecular weight excluding hydrogens is 348 g/mol. The maximum atomic E-state index is 12.5. The SMILES string of the molecule is CCC1C2(O)CC3CC(O)(C2)CC1(OC(=O)CCOC(=O)C(C)(C)CC)C3. The maximum absolute atomic E-state index is 12.5. The fraction of sp³-hybridized carbons (Fsp3) is 0.905. The van der Waals surface area contributed by atoms with Gasteiger partial charge in [0.25, 0.3) is 0 Å². The van der Waals surface area contributed by atoms with Crippen molar-refractivity contribution < 1.29 is 29.3 Å². The van der Waals surface area contributed by atoms with E-state index in [1.807, 2.05) is 27.7 Å². The highest BCUT2D eigenvalue weighted by atomic mass is 16.6. The number of ether oxygens (including phenoxy) is 2. The molecule has 0 spiro atoms. The first-order chi connectivity index (χ1) is 12.5. The quantitative estimate of drug-likeness (QED) is 0.658. The molecule has 0 radical (unpaired) electrons. The molecule has 4 saturated carbocycles. The Hall–Kier alpha value is -1.14. The van der Waals surface area contributed by atoms with Gasteiger partial charge in [0.1, 0.15) is 12.2 Å². The van der Waals surface area contributed by atoms with Crippen molar-refractivity contribution >= 4 is 11.9 Å². The molecule has 0 aliphatic heterocycles. The molecule has 5 atom stereocenters. The molecular formula is C21H34O6. The van der Waals surface area contributed by atoms with Crippen LogP contribution in [0.2, 0.25) is 0 Å². The molecule has 0 amide bonds. The molecule has 0 heterocycles. The molecule has 4 aliphatic carbocycles. The van der Waals surface area contributed by atoms with Crippen molar-refractivity contribution in [2.75, 3.05) is 6.61 Å². The Balaban J connectivity index is 1.64. The maximum Gasteiger partial charge on any atom is 0.311 e. The number of hydrogen-bond acceptors (Lipinski definition) is 6. The van der Waals surface area contributed by atoms with Crippen LogP contribution in [0.5, 0.6) is 0 Å². The van der Waals surface area contributed by atoms with E-state index in [4.69, 9.17) is 9.47 Å². The minimum absolute atomic E-state index is 0.00800. The lowest BCUT2D eigenvalue weighted by Crippen LogP contribution is -2.72. The van der Waals surface area contributed by atoms with Gasteiger partial charge in [0.15, 0.2) is 0 Å². The van der Waals surface area contributed by atoms with Gasteiger partial charge in [0.05, 0.1) is 23.0 Å². The molecule has 6 heteroatoms. The van der Waals surface area contributed by atoms with Crippen LogP contribution < -0.4 is 0 Å². The highest BCUT2D eigenvalue weighted by Crippen LogP contribution is 2.63. The lowest BCUT2D eigenvalue weighted by Gasteiger charge is -2.66. The van der Waals surface area contributed by atoms with E-state index in [1.165, 1.54) is 0 Å². The molecule has 0 aromatic rings. The Bertz CT molecular complexity index is 616. The van der Waals surface area contributed by atoms with Gasteiger partial charge in [-0.05, 0) is 51.9 Å². The van der Waals surface area contributed by atoms with Gasteiger partial charge in [-0.25, -0.2) is 0 Å². The van der Waals surface area contributed by atoms with Crippen molar-refractivity contribution in [3.05, 3.63) is 0 Å². The first kappa shape index (κ1) is 20.6. The van der Waals surface area contributed by atoms with Gasteiger partial charge in [-0.1, -0.05) is 13.8 Å². The van der Waals surface area contributed by atoms with Gasteiger partial charge < -0.3 is 19.7 Å². The minimum atomic E-state index is -0.958. The number of hydrogen-bond donors (Lipinski definition) is 2. The van der Waals surface area contributed by atoms with Crippen LogP contribution >= 0.6 is 0 Å². The average Bonchev–Trinajstić information content (AvgIpc) is 2.51. The Morgan fingerprint density at radius 1 is 1.11 bits per heavy atom. The van der Waals surface area contributed by atoms with E-state index in [-0.39, 0.29) is 30.8 Å². The van der Waals surface area contributed by atoms with E-state index in [0.717, 1.165) is 0 Å². The molecule has 0 saturated heterocycles. The minimum Gasteiger partial charge on any atom is -0.465 e. The van der Waals surface area contributed by atoms with Gasteiger partial charge >= 0.3 is 11.9 Å². The largest absolute Gasteiger partial charge is 0.465 e. The Labute approximate surface area is 161 Å². The zero-order valence-corrected chi connectivity index (χ0v) is 17.0. The Morgan fingerprint density at radius 3 is 2.41 bits per heavy atom. The highest BCUT2D eigenvalue weighted by molar-refractivity contribution is 5.76. The van der Waals surface area contributed by atoms with Crippen LogP contribution in [-0.4, -0.2) is 45.6 Å². The van der Waals surface area contributed by atoms with Crippen LogP contribution in [0.4, 0.5) is 0 Å². The van der Waals surface area contributed by atoms with Crippen molar-refractivity contribution in [2.24, 2.45) is 17.3 Å². The lowest BCUT2D eigenvalue weighted by molar-refractivity contribution is -0.294. The van der Waals surface area contributed by atoms with Crippen molar-refractivity contribution in [2.45, 2.75) is 95.9 Å². The molecule has 4 bridgehead atoms. The first-order valence-corrected chi connectivity index (χ1v) is 10.3. The third kappa shape index (κ3) is 3.63. The van der Waals surface area contributed by atoms with Gasteiger partial charge in [-0.15, -0.1) is 0 Å². The van der Waals surface area contributed by atoms with E-state index in [9.17, 15) is 19.8 Å². The lowest BCUT2D eigenvalue weighted by atomic mass is 9.45. The summed E-state index contributed by atoms with van der Waals surface area (Å²) in [5.74, 6) is -0.721. The standard InChI is InChI=1S/C21H34O6/c1-5-15-20(25)10-14-9-19(24,12-20)13-21(15,11-14)27-16(22)7-8-26-17(23)18(3,4)6-2/h14-15,24-25H,5-13H2,1-4H3. The Morgan fingerprint density at radius 2 is 1.81 bits per heavy atom. The monoisotopic (exact) mass is 382 g/mol. The molecule has 2 N–H and O–H groups in total. The fourth-order valence-corrected chi connectivity index (χ4v) is 5.99. The van der Waals surface area contributed by atoms with Crippen molar-refractivity contribution in [1.29, 1.82) is 0 Å². The molecule has 0 aromatic heterocycles. The fourth-order valence-electron chi connectivity index (χ4n) is 5.99. The predicted octanol–water partition coefficient (Wildman–Crippen LogP) is 2.73. The highest BCUT2D eigenvalue weighted by Gasteiger charge is 2.69. The zero-order chi connectivity index (χ0) is 20.1. The third-order valence-electron chi connectivity index (χ3n) is 7.19. The van der Waals surface area contributed by atoms with Gasteiger partial charge in [-0.2, -0.15) is 0 Å². The van der Waals surface area contributed by atoms with Crippen LogP contribution in [0.25, 0.3) is 0 Å². The summed E-state index contributed by atoms with van der Waals surface area (Å²) in [4.78, 5) is 24.6. The molecule has 4 aliphatic rings. The van der Waals surface area contributed by atoms with Crippen molar-refractivity contribution in [1.82, 2.24) is 0 Å². The van der Waals surface area contributed by atoms with Crippen LogP contribution in [0.3, 0.4) is 0 Å². The molecule has 4 rings (SSSR count). The smallest absolute Gasteiger partial charge is 0.311 e. The van der Waals surface area contributed by atoms with Gasteiger partial charge in [-0.3, -0.25) is 9.59 Å². The second-order valence-electron chi connectivity index (χ2n) is 9.78. The number of rotatable bonds is 7. The summed E-state index contributed by atoms with van der Waals surface area (Å²) in [6.07, 6.45) is 4.17. The zero-order valence-electron chi connectivity index (χ0n) is 17.0. The van der Waals surface area contributed by atoms with Crippen molar-refractivity contribution in [3.8, 4) is 0 Å². The number of esters is 2. The molecule has 27 heavy (non-hydrogen) atoms. The van der Waals surface area contributed by atoms with Crippen LogP contribution in [0, 0.1) is 17.3 Å². The number of carbonyl (C=O) groups excluding carboxylic acids is 2. The summed E-state index contributed by atoms with van der Waals surface area (Å²) in [5.41, 5.74) is -3.27. The third-order valence-corrected chi connectivity index (χ3v) is 7.19. The second kappa shape index (κ2) is 6.73.